The molecule has 24 heavy (non-hydrogen) atoms. The van der Waals surface area contributed by atoms with Gasteiger partial charge in [-0.3, -0.25) is 0 Å². The van der Waals surface area contributed by atoms with Gasteiger partial charge < -0.3 is 0 Å². The number of aromatic nitrogens is 2. The zero-order chi connectivity index (χ0) is 17.5. The minimum absolute atomic E-state index is 0.0529. The lowest BCUT2D eigenvalue weighted by atomic mass is 9.60. The number of nitrogens with zero attached hydrogens (tertiary/aromatic N) is 2. The van der Waals surface area contributed by atoms with Gasteiger partial charge in [-0.2, -0.15) is 0 Å². The average Bonchev–Trinajstić information content (AvgIpc) is 3.00. The lowest BCUT2D eigenvalue weighted by Crippen LogP contribution is -2.58. The van der Waals surface area contributed by atoms with Gasteiger partial charge in [-0.05, 0) is 44.7 Å². The summed E-state index contributed by atoms with van der Waals surface area (Å²) >= 11 is 0. The summed E-state index contributed by atoms with van der Waals surface area (Å²) in [5.74, 6) is 1.41. The average molecular weight is 324 g/mol. The van der Waals surface area contributed by atoms with E-state index >= 15 is 0 Å². The number of hydrogen-bond acceptors (Lipinski definition) is 0. The molecule has 2 aromatic rings. The maximum Gasteiger partial charge on any atom is 0.290 e. The zero-order valence-electron chi connectivity index (χ0n) is 16.3. The van der Waals surface area contributed by atoms with E-state index in [1.807, 2.05) is 0 Å². The Hall–Kier alpha value is -1.57. The van der Waals surface area contributed by atoms with Crippen molar-refractivity contribution in [3.05, 3.63) is 41.7 Å². The van der Waals surface area contributed by atoms with Crippen molar-refractivity contribution < 1.29 is 4.57 Å². The number of hydrogen-bond donors (Lipinski definition) is 0. The predicted octanol–water partition coefficient (Wildman–Crippen LogP) is 5.10. The lowest BCUT2D eigenvalue weighted by molar-refractivity contribution is -0.721. The number of benzene rings is 1. The first kappa shape index (κ1) is 15.9. The van der Waals surface area contributed by atoms with Crippen LogP contribution in [-0.4, -0.2) is 4.57 Å². The standard InChI is InChI=1S/C22H31N2/c1-8-22(9-2)15(3)23-13-14-24-19(23)18-16(11-10-12-17(18)22)20(4,5)21(24,6)7/h10-15H,8-9H2,1-7H3/q+1. The molecule has 0 saturated carbocycles. The van der Waals surface area contributed by atoms with Crippen molar-refractivity contribution in [3.8, 4) is 11.4 Å². The summed E-state index contributed by atoms with van der Waals surface area (Å²) < 4.78 is 5.08. The van der Waals surface area contributed by atoms with Crippen LogP contribution in [0.5, 0.6) is 0 Å². The molecule has 0 bridgehead atoms. The summed E-state index contributed by atoms with van der Waals surface area (Å²) in [5, 5.41) is 0. The predicted molar refractivity (Wildman–Crippen MR) is 99.4 cm³/mol. The molecule has 3 heterocycles. The van der Waals surface area contributed by atoms with Crippen LogP contribution in [0.2, 0.25) is 0 Å². The van der Waals surface area contributed by atoms with Crippen LogP contribution in [0, 0.1) is 0 Å². The van der Waals surface area contributed by atoms with Crippen LogP contribution in [0.1, 0.15) is 78.5 Å². The van der Waals surface area contributed by atoms with Crippen LogP contribution in [0.3, 0.4) is 0 Å². The monoisotopic (exact) mass is 323 g/mol. The molecule has 2 heteroatoms. The molecule has 0 N–H and O–H groups in total. The first-order valence-corrected chi connectivity index (χ1v) is 9.51. The molecule has 1 unspecified atom stereocenters. The lowest BCUT2D eigenvalue weighted by Gasteiger charge is -2.49. The van der Waals surface area contributed by atoms with Crippen LogP contribution in [0.25, 0.3) is 11.4 Å². The van der Waals surface area contributed by atoms with E-state index in [0.29, 0.717) is 6.04 Å². The van der Waals surface area contributed by atoms with Gasteiger partial charge in [-0.1, -0.05) is 45.9 Å². The third-order valence-electron chi connectivity index (χ3n) is 7.96. The Labute approximate surface area is 146 Å². The molecular formula is C22H31N2+. The molecule has 0 spiro atoms. The fourth-order valence-corrected chi connectivity index (χ4v) is 5.49. The molecule has 2 aliphatic rings. The summed E-state index contributed by atoms with van der Waals surface area (Å²) in [6.45, 7) is 16.7. The first-order chi connectivity index (χ1) is 11.2. The highest BCUT2D eigenvalue weighted by Gasteiger charge is 2.57. The second kappa shape index (κ2) is 4.53. The van der Waals surface area contributed by atoms with Crippen molar-refractivity contribution >= 4 is 0 Å². The molecule has 0 amide bonds. The molecule has 4 rings (SSSR count). The Morgan fingerprint density at radius 1 is 1.04 bits per heavy atom. The maximum absolute atomic E-state index is 2.55. The molecule has 0 radical (unpaired) electrons. The van der Waals surface area contributed by atoms with Crippen molar-refractivity contribution in [2.75, 3.05) is 0 Å². The third kappa shape index (κ3) is 1.47. The van der Waals surface area contributed by atoms with Crippen LogP contribution in [0.15, 0.2) is 30.6 Å². The van der Waals surface area contributed by atoms with E-state index in [1.54, 1.807) is 5.56 Å². The van der Waals surface area contributed by atoms with Gasteiger partial charge >= 0.3 is 0 Å². The van der Waals surface area contributed by atoms with Crippen LogP contribution >= 0.6 is 0 Å². The molecule has 2 nitrogen and oxygen atoms in total. The SMILES string of the molecule is CCC1(CC)c2cccc3c2-c2n(cc[n+]2C1C)C(C)(C)C3(C)C. The number of imidazole rings is 1. The highest BCUT2D eigenvalue weighted by Crippen LogP contribution is 2.56. The molecular weight excluding hydrogens is 292 g/mol. The largest absolute Gasteiger partial charge is 0.290 e. The summed E-state index contributed by atoms with van der Waals surface area (Å²) in [6.07, 6.45) is 7.00. The fourth-order valence-electron chi connectivity index (χ4n) is 5.49. The number of rotatable bonds is 2. The minimum atomic E-state index is 0.0529. The molecule has 128 valence electrons. The van der Waals surface area contributed by atoms with Gasteiger partial charge in [0.05, 0.1) is 5.56 Å². The van der Waals surface area contributed by atoms with E-state index in [0.717, 1.165) is 0 Å². The van der Waals surface area contributed by atoms with Gasteiger partial charge in [-0.15, -0.1) is 0 Å². The molecule has 2 aliphatic heterocycles. The van der Waals surface area contributed by atoms with Crippen molar-refractivity contribution in [2.24, 2.45) is 0 Å². The van der Waals surface area contributed by atoms with Crippen molar-refractivity contribution in [1.82, 2.24) is 4.57 Å². The van der Waals surface area contributed by atoms with Crippen LogP contribution in [-0.2, 0) is 16.4 Å². The quantitative estimate of drug-likeness (QED) is 0.680. The first-order valence-electron chi connectivity index (χ1n) is 9.51. The third-order valence-corrected chi connectivity index (χ3v) is 7.96. The summed E-state index contributed by atoms with van der Waals surface area (Å²) in [7, 11) is 0. The maximum atomic E-state index is 2.55. The second-order valence-electron chi connectivity index (χ2n) is 8.85. The van der Waals surface area contributed by atoms with E-state index in [4.69, 9.17) is 0 Å². The van der Waals surface area contributed by atoms with Crippen LogP contribution < -0.4 is 4.57 Å². The topological polar surface area (TPSA) is 8.81 Å². The molecule has 0 aliphatic carbocycles. The van der Waals surface area contributed by atoms with Gasteiger partial charge in [0.1, 0.15) is 24.0 Å². The van der Waals surface area contributed by atoms with Gasteiger partial charge in [0.2, 0.25) is 0 Å². The van der Waals surface area contributed by atoms with E-state index < -0.39 is 0 Å². The van der Waals surface area contributed by atoms with Crippen molar-refractivity contribution in [3.63, 3.8) is 0 Å². The van der Waals surface area contributed by atoms with Crippen molar-refractivity contribution in [2.45, 2.75) is 83.7 Å². The van der Waals surface area contributed by atoms with Crippen molar-refractivity contribution in [1.29, 1.82) is 0 Å². The molecule has 0 fully saturated rings. The molecule has 1 atom stereocenters. The molecule has 0 saturated heterocycles. The Bertz CT molecular complexity index is 818. The second-order valence-corrected chi connectivity index (χ2v) is 8.85. The Balaban J connectivity index is 2.19. The van der Waals surface area contributed by atoms with Gasteiger partial charge in [0, 0.05) is 10.8 Å². The van der Waals surface area contributed by atoms with Gasteiger partial charge in [0.25, 0.3) is 5.82 Å². The fraction of sp³-hybridized carbons (Fsp3) is 0.591. The van der Waals surface area contributed by atoms with E-state index in [-0.39, 0.29) is 16.4 Å². The summed E-state index contributed by atoms with van der Waals surface area (Å²) in [5.41, 5.74) is 4.97. The van der Waals surface area contributed by atoms with E-state index in [9.17, 15) is 0 Å². The smallest absolute Gasteiger partial charge is 0.227 e. The highest BCUT2D eigenvalue weighted by molar-refractivity contribution is 5.71. The van der Waals surface area contributed by atoms with Gasteiger partial charge in [0.15, 0.2) is 0 Å². The molecule has 1 aromatic heterocycles. The molecule has 1 aromatic carbocycles. The summed E-state index contributed by atoms with van der Waals surface area (Å²) in [6, 6.07) is 7.56. The Kier molecular flexibility index (Phi) is 3.01. The normalized spacial score (nSPS) is 24.5. The Morgan fingerprint density at radius 2 is 1.67 bits per heavy atom. The van der Waals surface area contributed by atoms with Crippen LogP contribution in [0.4, 0.5) is 0 Å². The zero-order valence-corrected chi connectivity index (χ0v) is 16.3. The van der Waals surface area contributed by atoms with E-state index in [1.165, 1.54) is 29.8 Å². The highest BCUT2D eigenvalue weighted by atomic mass is 15.2. The minimum Gasteiger partial charge on any atom is -0.227 e. The Morgan fingerprint density at radius 3 is 2.29 bits per heavy atom. The van der Waals surface area contributed by atoms with Gasteiger partial charge in [-0.25, -0.2) is 9.13 Å². The summed E-state index contributed by atoms with van der Waals surface area (Å²) in [4.78, 5) is 0. The van der Waals surface area contributed by atoms with E-state index in [2.05, 4.69) is 88.2 Å².